The predicted molar refractivity (Wildman–Crippen MR) is 55.8 cm³/mol. The molecule has 0 atom stereocenters. The minimum atomic E-state index is 0.690. The van der Waals surface area contributed by atoms with E-state index in [0.29, 0.717) is 5.02 Å². The maximum Gasteiger partial charge on any atom is 0.146 e. The second-order valence-corrected chi connectivity index (χ2v) is 3.18. The Labute approximate surface area is 83.0 Å². The van der Waals surface area contributed by atoms with Gasteiger partial charge in [0.05, 0.1) is 0 Å². The number of benzene rings is 1. The van der Waals surface area contributed by atoms with Gasteiger partial charge in [0.2, 0.25) is 0 Å². The quantitative estimate of drug-likeness (QED) is 0.533. The van der Waals surface area contributed by atoms with Crippen LogP contribution in [-0.4, -0.2) is 6.29 Å². The third-order valence-corrected chi connectivity index (χ3v) is 2.00. The van der Waals surface area contributed by atoms with Gasteiger partial charge in [-0.15, -0.1) is 0 Å². The molecule has 0 aliphatic rings. The fraction of sp³-hybridized carbons (Fsp3) is 0.182. The molecule has 0 radical (unpaired) electrons. The highest BCUT2D eigenvalue weighted by Gasteiger charge is 1.93. The minimum Gasteiger partial charge on any atom is -0.298 e. The zero-order chi connectivity index (χ0) is 9.68. The van der Waals surface area contributed by atoms with E-state index in [1.807, 2.05) is 37.3 Å². The average molecular weight is 195 g/mol. The van der Waals surface area contributed by atoms with Crippen LogP contribution in [0, 0.1) is 0 Å². The smallest absolute Gasteiger partial charge is 0.146 e. The Morgan fingerprint density at radius 3 is 2.85 bits per heavy atom. The first-order chi connectivity index (χ1) is 6.26. The zero-order valence-electron chi connectivity index (χ0n) is 7.46. The van der Waals surface area contributed by atoms with Crippen LogP contribution >= 0.6 is 11.6 Å². The van der Waals surface area contributed by atoms with Crippen LogP contribution in [0.5, 0.6) is 0 Å². The van der Waals surface area contributed by atoms with Gasteiger partial charge in [-0.25, -0.2) is 0 Å². The fourth-order valence-electron chi connectivity index (χ4n) is 1.03. The molecule has 1 rings (SSSR count). The number of hydrogen-bond donors (Lipinski definition) is 0. The van der Waals surface area contributed by atoms with E-state index in [1.165, 1.54) is 0 Å². The summed E-state index contributed by atoms with van der Waals surface area (Å²) in [4.78, 5) is 10.5. The number of aldehydes is 1. The summed E-state index contributed by atoms with van der Waals surface area (Å²) >= 11 is 5.80. The van der Waals surface area contributed by atoms with E-state index < -0.39 is 0 Å². The molecule has 1 aromatic carbocycles. The van der Waals surface area contributed by atoms with Crippen molar-refractivity contribution in [1.82, 2.24) is 0 Å². The summed E-state index contributed by atoms with van der Waals surface area (Å²) in [6, 6.07) is 7.43. The Hall–Kier alpha value is -1.08. The lowest BCUT2D eigenvalue weighted by atomic mass is 10.1. The Morgan fingerprint density at radius 2 is 2.31 bits per heavy atom. The van der Waals surface area contributed by atoms with Crippen molar-refractivity contribution in [2.75, 3.05) is 0 Å². The first-order valence-corrected chi connectivity index (χ1v) is 4.55. The number of rotatable bonds is 3. The van der Waals surface area contributed by atoms with Crippen LogP contribution in [0.15, 0.2) is 29.8 Å². The van der Waals surface area contributed by atoms with Gasteiger partial charge in [-0.3, -0.25) is 4.79 Å². The monoisotopic (exact) mass is 194 g/mol. The molecule has 1 aromatic rings. The van der Waals surface area contributed by atoms with Gasteiger partial charge in [0.15, 0.2) is 0 Å². The summed E-state index contributed by atoms with van der Waals surface area (Å²) in [5.41, 5.74) is 1.75. The predicted octanol–water partition coefficient (Wildman–Crippen LogP) is 3.33. The molecule has 0 N–H and O–H groups in total. The molecule has 0 saturated heterocycles. The van der Waals surface area contributed by atoms with E-state index >= 15 is 0 Å². The molecular weight excluding hydrogens is 184 g/mol. The van der Waals surface area contributed by atoms with Crippen LogP contribution < -0.4 is 0 Å². The Bertz CT molecular complexity index is 329. The lowest BCUT2D eigenvalue weighted by Crippen LogP contribution is -1.81. The van der Waals surface area contributed by atoms with Crippen LogP contribution in [0.3, 0.4) is 0 Å². The number of halogens is 1. The number of carbonyl (C=O) groups excluding carboxylic acids is 1. The molecule has 0 heterocycles. The van der Waals surface area contributed by atoms with Gasteiger partial charge in [0.25, 0.3) is 0 Å². The van der Waals surface area contributed by atoms with E-state index in [2.05, 4.69) is 0 Å². The van der Waals surface area contributed by atoms with Crippen LogP contribution in [0.25, 0.3) is 6.08 Å². The van der Waals surface area contributed by atoms with Crippen molar-refractivity contribution in [2.24, 2.45) is 0 Å². The van der Waals surface area contributed by atoms with Gasteiger partial charge in [-0.05, 0) is 35.8 Å². The van der Waals surface area contributed by atoms with Crippen molar-refractivity contribution < 1.29 is 4.79 Å². The molecular formula is C11H11ClO. The zero-order valence-corrected chi connectivity index (χ0v) is 8.21. The number of allylic oxidation sites excluding steroid dienone is 1. The topological polar surface area (TPSA) is 17.1 Å². The van der Waals surface area contributed by atoms with Crippen molar-refractivity contribution >= 4 is 24.0 Å². The molecule has 68 valence electrons. The fourth-order valence-corrected chi connectivity index (χ4v) is 1.23. The molecule has 0 aliphatic carbocycles. The van der Waals surface area contributed by atoms with E-state index in [4.69, 9.17) is 11.6 Å². The van der Waals surface area contributed by atoms with Gasteiger partial charge in [-0.2, -0.15) is 0 Å². The highest BCUT2D eigenvalue weighted by molar-refractivity contribution is 6.30. The van der Waals surface area contributed by atoms with Crippen LogP contribution in [0.4, 0.5) is 0 Å². The third kappa shape index (κ3) is 3.03. The van der Waals surface area contributed by atoms with E-state index in [1.54, 1.807) is 0 Å². The van der Waals surface area contributed by atoms with Gasteiger partial charge >= 0.3 is 0 Å². The van der Waals surface area contributed by atoms with Gasteiger partial charge in [0, 0.05) is 5.02 Å². The van der Waals surface area contributed by atoms with Crippen molar-refractivity contribution in [2.45, 2.75) is 13.3 Å². The first kappa shape index (κ1) is 10.0. The molecule has 0 unspecified atom stereocenters. The van der Waals surface area contributed by atoms with Crippen molar-refractivity contribution in [3.63, 3.8) is 0 Å². The molecule has 0 aliphatic heterocycles. The molecule has 0 saturated carbocycles. The second-order valence-electron chi connectivity index (χ2n) is 2.75. The van der Waals surface area contributed by atoms with E-state index in [0.717, 1.165) is 23.8 Å². The molecule has 0 spiro atoms. The second kappa shape index (κ2) is 4.83. The lowest BCUT2D eigenvalue weighted by molar-refractivity contribution is -0.104. The lowest BCUT2D eigenvalue weighted by Gasteiger charge is -1.96. The Kier molecular flexibility index (Phi) is 3.71. The average Bonchev–Trinajstić information content (AvgIpc) is 2.14. The van der Waals surface area contributed by atoms with E-state index in [-0.39, 0.29) is 0 Å². The van der Waals surface area contributed by atoms with Gasteiger partial charge in [0.1, 0.15) is 6.29 Å². The standard InChI is InChI=1S/C11H11ClO/c1-2-9(8-13)6-10-4-3-5-11(12)7-10/h3-8H,2H2,1H3/b9-6-. The van der Waals surface area contributed by atoms with E-state index in [9.17, 15) is 4.79 Å². The van der Waals surface area contributed by atoms with Crippen molar-refractivity contribution in [3.8, 4) is 0 Å². The molecule has 0 fully saturated rings. The first-order valence-electron chi connectivity index (χ1n) is 4.17. The van der Waals surface area contributed by atoms with Crippen LogP contribution in [0.2, 0.25) is 5.02 Å². The molecule has 1 nitrogen and oxygen atoms in total. The van der Waals surface area contributed by atoms with Crippen LogP contribution in [-0.2, 0) is 4.79 Å². The van der Waals surface area contributed by atoms with Gasteiger partial charge < -0.3 is 0 Å². The van der Waals surface area contributed by atoms with Crippen molar-refractivity contribution in [3.05, 3.63) is 40.4 Å². The molecule has 0 aromatic heterocycles. The largest absolute Gasteiger partial charge is 0.298 e. The normalized spacial score (nSPS) is 11.4. The Morgan fingerprint density at radius 1 is 1.54 bits per heavy atom. The van der Waals surface area contributed by atoms with Crippen LogP contribution in [0.1, 0.15) is 18.9 Å². The highest BCUT2D eigenvalue weighted by Crippen LogP contribution is 2.13. The summed E-state index contributed by atoms with van der Waals surface area (Å²) in [6.07, 6.45) is 3.47. The molecule has 13 heavy (non-hydrogen) atoms. The summed E-state index contributed by atoms with van der Waals surface area (Å²) in [5, 5.41) is 0.690. The molecule has 0 amide bonds. The van der Waals surface area contributed by atoms with Crippen molar-refractivity contribution in [1.29, 1.82) is 0 Å². The maximum absolute atomic E-state index is 10.5. The summed E-state index contributed by atoms with van der Waals surface area (Å²) in [6.45, 7) is 1.95. The van der Waals surface area contributed by atoms with Gasteiger partial charge in [-0.1, -0.05) is 30.7 Å². The minimum absolute atomic E-state index is 0.690. The maximum atomic E-state index is 10.5. The SMILES string of the molecule is CC/C(C=O)=C/c1cccc(Cl)c1. The summed E-state index contributed by atoms with van der Waals surface area (Å²) in [5.74, 6) is 0. The summed E-state index contributed by atoms with van der Waals surface area (Å²) in [7, 11) is 0. The number of hydrogen-bond acceptors (Lipinski definition) is 1. The number of carbonyl (C=O) groups is 1. The highest BCUT2D eigenvalue weighted by atomic mass is 35.5. The Balaban J connectivity index is 2.95. The molecule has 0 bridgehead atoms. The summed E-state index contributed by atoms with van der Waals surface area (Å²) < 4.78 is 0. The molecule has 2 heteroatoms. The third-order valence-electron chi connectivity index (χ3n) is 1.76.